The first-order chi connectivity index (χ1) is 15.6. The molecule has 2 saturated heterocycles. The Bertz CT molecular complexity index is 1260. The molecule has 1 N–H and O–H groups in total. The summed E-state index contributed by atoms with van der Waals surface area (Å²) >= 11 is 0. The molecule has 3 fully saturated rings. The second-order valence-corrected chi connectivity index (χ2v) is 10.7. The van der Waals surface area contributed by atoms with Gasteiger partial charge in [-0.3, -0.25) is 18.5 Å². The number of H-pyrrole nitrogens is 1. The van der Waals surface area contributed by atoms with Crippen LogP contribution in [-0.2, 0) is 28.5 Å². The lowest BCUT2D eigenvalue weighted by molar-refractivity contribution is -0.232. The van der Waals surface area contributed by atoms with Gasteiger partial charge in [-0.1, -0.05) is 17.7 Å². The summed E-state index contributed by atoms with van der Waals surface area (Å²) in [6, 6.07) is 7.56. The molecule has 33 heavy (non-hydrogen) atoms. The van der Waals surface area contributed by atoms with Crippen LogP contribution in [0.15, 0.2) is 51.0 Å². The fraction of sp³-hybridized carbons (Fsp3) is 0.545. The van der Waals surface area contributed by atoms with Gasteiger partial charge in [-0.05, 0) is 38.8 Å². The zero-order valence-corrected chi connectivity index (χ0v) is 19.2. The fourth-order valence-electron chi connectivity index (χ4n) is 4.98. The molecule has 11 heteroatoms. The van der Waals surface area contributed by atoms with Crippen LogP contribution in [0.3, 0.4) is 0 Å². The minimum absolute atomic E-state index is 0.0399. The maximum absolute atomic E-state index is 12.7. The van der Waals surface area contributed by atoms with Gasteiger partial charge in [0.1, 0.15) is 17.8 Å². The average molecular weight is 479 g/mol. The van der Waals surface area contributed by atoms with Gasteiger partial charge in [0, 0.05) is 25.1 Å². The quantitative estimate of drug-likeness (QED) is 0.642. The van der Waals surface area contributed by atoms with Crippen molar-refractivity contribution in [1.82, 2.24) is 9.55 Å². The van der Waals surface area contributed by atoms with Crippen LogP contribution in [0, 0.1) is 6.92 Å². The van der Waals surface area contributed by atoms with Crippen LogP contribution in [0.4, 0.5) is 0 Å². The third-order valence-electron chi connectivity index (χ3n) is 6.61. The van der Waals surface area contributed by atoms with E-state index in [1.807, 2.05) is 6.92 Å². The van der Waals surface area contributed by atoms with Crippen molar-refractivity contribution in [2.75, 3.05) is 6.61 Å². The highest BCUT2D eigenvalue weighted by Gasteiger charge is 2.66. The number of benzene rings is 1. The Morgan fingerprint density at radius 2 is 1.85 bits per heavy atom. The second kappa shape index (κ2) is 7.88. The number of aromatic amines is 1. The van der Waals surface area contributed by atoms with Crippen molar-refractivity contribution in [3.8, 4) is 0 Å². The molecular weight excluding hydrogens is 452 g/mol. The minimum atomic E-state index is -4.03. The summed E-state index contributed by atoms with van der Waals surface area (Å²) in [6.07, 6.45) is 2.17. The number of aromatic nitrogens is 2. The van der Waals surface area contributed by atoms with Gasteiger partial charge >= 0.3 is 5.69 Å². The smallest absolute Gasteiger partial charge is 0.330 e. The Kier molecular flexibility index (Phi) is 5.37. The molecule has 10 nitrogen and oxygen atoms in total. The summed E-state index contributed by atoms with van der Waals surface area (Å²) in [5.74, 6) is -0.804. The number of rotatable bonds is 5. The van der Waals surface area contributed by atoms with Crippen molar-refractivity contribution in [3.05, 3.63) is 62.9 Å². The highest BCUT2D eigenvalue weighted by molar-refractivity contribution is 7.86. The van der Waals surface area contributed by atoms with E-state index in [1.165, 1.54) is 29.0 Å². The van der Waals surface area contributed by atoms with Crippen LogP contribution in [0.5, 0.6) is 0 Å². The van der Waals surface area contributed by atoms with Gasteiger partial charge in [-0.2, -0.15) is 8.42 Å². The molecule has 1 saturated carbocycles. The van der Waals surface area contributed by atoms with Crippen LogP contribution in [0.1, 0.15) is 44.4 Å². The van der Waals surface area contributed by atoms with E-state index in [2.05, 4.69) is 4.98 Å². The van der Waals surface area contributed by atoms with Gasteiger partial charge in [0.25, 0.3) is 15.7 Å². The van der Waals surface area contributed by atoms with E-state index in [1.54, 1.807) is 19.1 Å². The van der Waals surface area contributed by atoms with E-state index in [9.17, 15) is 18.0 Å². The molecular formula is C22H26N2O8S. The normalized spacial score (nSPS) is 30.7. The predicted octanol–water partition coefficient (Wildman–Crippen LogP) is 1.59. The lowest BCUT2D eigenvalue weighted by atomic mass is 9.96. The number of nitrogens with zero attached hydrogens (tertiary/aromatic N) is 1. The van der Waals surface area contributed by atoms with Crippen LogP contribution in [0.25, 0.3) is 0 Å². The van der Waals surface area contributed by atoms with Crippen molar-refractivity contribution in [2.24, 2.45) is 0 Å². The molecule has 0 radical (unpaired) electrons. The summed E-state index contributed by atoms with van der Waals surface area (Å²) in [5, 5.41) is 0. The van der Waals surface area contributed by atoms with Crippen molar-refractivity contribution in [1.29, 1.82) is 0 Å². The topological polar surface area (TPSA) is 126 Å². The number of aryl methyl sites for hydroxylation is 1. The van der Waals surface area contributed by atoms with Gasteiger partial charge in [0.15, 0.2) is 12.0 Å². The monoisotopic (exact) mass is 478 g/mol. The molecule has 2 aliphatic heterocycles. The third-order valence-corrected chi connectivity index (χ3v) is 7.91. The van der Waals surface area contributed by atoms with E-state index in [-0.39, 0.29) is 11.5 Å². The van der Waals surface area contributed by atoms with Crippen molar-refractivity contribution >= 4 is 10.1 Å². The van der Waals surface area contributed by atoms with Gasteiger partial charge in [-0.25, -0.2) is 4.79 Å². The summed E-state index contributed by atoms with van der Waals surface area (Å²) in [4.78, 5) is 26.3. The first-order valence-electron chi connectivity index (χ1n) is 10.9. The van der Waals surface area contributed by atoms with E-state index in [4.69, 9.17) is 18.4 Å². The Morgan fingerprint density at radius 1 is 1.15 bits per heavy atom. The average Bonchev–Trinajstić information content (AvgIpc) is 3.40. The number of ether oxygens (including phenoxy) is 3. The predicted molar refractivity (Wildman–Crippen MR) is 115 cm³/mol. The second-order valence-electron chi connectivity index (χ2n) is 9.04. The Balaban J connectivity index is 1.44. The maximum atomic E-state index is 12.7. The number of nitrogens with one attached hydrogen (secondary N) is 1. The van der Waals surface area contributed by atoms with Gasteiger partial charge in [-0.15, -0.1) is 0 Å². The highest BCUT2D eigenvalue weighted by atomic mass is 32.2. The molecule has 2 aromatic rings. The lowest BCUT2D eigenvalue weighted by Crippen LogP contribution is -2.45. The van der Waals surface area contributed by atoms with Crippen LogP contribution in [0.2, 0.25) is 0 Å². The highest BCUT2D eigenvalue weighted by Crippen LogP contribution is 2.55. The SMILES string of the molecule is Cc1ccc(S(=O)(=O)OC[C@H]2O[C@@H](n3ccc(=O)[nH]c3=O)[C@]3(C)OC4(CCCC4)O[C@H]23)cc1. The van der Waals surface area contributed by atoms with Crippen molar-refractivity contribution in [3.63, 3.8) is 0 Å². The van der Waals surface area contributed by atoms with Crippen LogP contribution >= 0.6 is 0 Å². The van der Waals surface area contributed by atoms with E-state index < -0.39 is 51.2 Å². The Morgan fingerprint density at radius 3 is 2.52 bits per heavy atom. The molecule has 1 aromatic heterocycles. The van der Waals surface area contributed by atoms with Gasteiger partial charge in [0.2, 0.25) is 0 Å². The zero-order valence-electron chi connectivity index (χ0n) is 18.4. The zero-order chi connectivity index (χ0) is 23.4. The minimum Gasteiger partial charge on any atom is -0.346 e. The van der Waals surface area contributed by atoms with E-state index in [0.717, 1.165) is 18.4 Å². The molecule has 1 aliphatic carbocycles. The number of hydrogen-bond donors (Lipinski definition) is 1. The first-order valence-corrected chi connectivity index (χ1v) is 12.3. The Labute approximate surface area is 190 Å². The molecule has 0 amide bonds. The molecule has 1 aromatic carbocycles. The lowest BCUT2D eigenvalue weighted by Gasteiger charge is -2.31. The molecule has 5 rings (SSSR count). The summed E-state index contributed by atoms with van der Waals surface area (Å²) in [5.41, 5.74) is -1.35. The van der Waals surface area contributed by atoms with E-state index in [0.29, 0.717) is 12.8 Å². The molecule has 0 bridgehead atoms. The summed E-state index contributed by atoms with van der Waals surface area (Å²) < 4.78 is 50.9. The van der Waals surface area contributed by atoms with Crippen molar-refractivity contribution in [2.45, 2.75) is 74.3 Å². The third kappa shape index (κ3) is 3.87. The molecule has 3 heterocycles. The van der Waals surface area contributed by atoms with Crippen LogP contribution < -0.4 is 11.2 Å². The fourth-order valence-corrected chi connectivity index (χ4v) is 5.90. The molecule has 0 unspecified atom stereocenters. The maximum Gasteiger partial charge on any atom is 0.330 e. The molecule has 1 spiro atoms. The number of hydrogen-bond acceptors (Lipinski definition) is 8. The van der Waals surface area contributed by atoms with E-state index >= 15 is 0 Å². The standard InChI is InChI=1S/C22H26N2O8S/c1-14-5-7-15(8-6-14)33(27,28)29-13-16-18-21(2,32-22(31-18)10-3-4-11-22)19(30-16)24-12-9-17(25)23-20(24)26/h5-9,12,16,18-19H,3-4,10-11,13H2,1-2H3,(H,23,25,26)/t16-,18-,19-,21-/m1/s1. The van der Waals surface area contributed by atoms with Crippen molar-refractivity contribution < 1.29 is 26.8 Å². The molecule has 178 valence electrons. The van der Waals surface area contributed by atoms with Crippen LogP contribution in [-0.4, -0.2) is 48.2 Å². The molecule has 3 aliphatic rings. The largest absolute Gasteiger partial charge is 0.346 e. The summed E-state index contributed by atoms with van der Waals surface area (Å²) in [7, 11) is -4.03. The Hall–Kier alpha value is -2.31. The first kappa shape index (κ1) is 22.5. The van der Waals surface area contributed by atoms with Gasteiger partial charge in [0.05, 0.1) is 11.5 Å². The van der Waals surface area contributed by atoms with Gasteiger partial charge < -0.3 is 14.2 Å². The summed E-state index contributed by atoms with van der Waals surface area (Å²) in [6.45, 7) is 3.32. The molecule has 4 atom stereocenters. The number of fused-ring (bicyclic) bond motifs is 1.